The van der Waals surface area contributed by atoms with Crippen LogP contribution in [0.25, 0.3) is 5.57 Å². The summed E-state index contributed by atoms with van der Waals surface area (Å²) in [5.41, 5.74) is 7.64. The maximum absolute atomic E-state index is 13.1. The van der Waals surface area contributed by atoms with Gasteiger partial charge in [0, 0.05) is 61.8 Å². The number of hydrogen-bond donors (Lipinski definition) is 1. The minimum absolute atomic E-state index is 0.110. The Morgan fingerprint density at radius 3 is 2.40 bits per heavy atom. The van der Waals surface area contributed by atoms with Crippen molar-refractivity contribution in [3.63, 3.8) is 0 Å². The maximum Gasteiger partial charge on any atom is 0.255 e. The molecule has 226 valence electrons. The zero-order valence-corrected chi connectivity index (χ0v) is 26.0. The molecule has 0 aromatic heterocycles. The summed E-state index contributed by atoms with van der Waals surface area (Å²) in [5, 5.41) is 3.18. The molecule has 1 aliphatic carbocycles. The quantitative estimate of drug-likeness (QED) is 0.449. The van der Waals surface area contributed by atoms with Crippen molar-refractivity contribution in [3.05, 3.63) is 75.3 Å². The molecule has 7 rings (SSSR count). The summed E-state index contributed by atoms with van der Waals surface area (Å²) in [4.78, 5) is 44.2. The molecule has 2 aromatic carbocycles. The van der Waals surface area contributed by atoms with Crippen molar-refractivity contribution in [2.45, 2.75) is 90.0 Å². The lowest BCUT2D eigenvalue weighted by molar-refractivity contribution is -0.136. The van der Waals surface area contributed by atoms with Gasteiger partial charge in [-0.15, -0.1) is 0 Å². The fourth-order valence-corrected chi connectivity index (χ4v) is 8.26. The Morgan fingerprint density at radius 2 is 1.67 bits per heavy atom. The summed E-state index contributed by atoms with van der Waals surface area (Å²) in [7, 11) is 0. The minimum atomic E-state index is -0.574. The number of piperazine rings is 1. The van der Waals surface area contributed by atoms with Gasteiger partial charge in [-0.05, 0) is 84.4 Å². The highest BCUT2D eigenvalue weighted by molar-refractivity contribution is 6.30. The molecule has 3 saturated heterocycles. The number of carbonyl (C=O) groups excluding carboxylic acids is 3. The van der Waals surface area contributed by atoms with Crippen LogP contribution in [0.15, 0.2) is 48.0 Å². The molecule has 3 fully saturated rings. The van der Waals surface area contributed by atoms with E-state index in [2.05, 4.69) is 53.2 Å². The van der Waals surface area contributed by atoms with Gasteiger partial charge in [0.1, 0.15) is 6.04 Å². The fourth-order valence-electron chi connectivity index (χ4n) is 8.13. The Balaban J connectivity index is 1.03. The van der Waals surface area contributed by atoms with Crippen LogP contribution in [-0.2, 0) is 22.7 Å². The molecule has 7 nitrogen and oxygen atoms in total. The molecule has 3 amide bonds. The van der Waals surface area contributed by atoms with E-state index in [4.69, 9.17) is 11.6 Å². The number of halogens is 1. The third-order valence-corrected chi connectivity index (χ3v) is 10.7. The molecule has 43 heavy (non-hydrogen) atoms. The first-order valence-electron chi connectivity index (χ1n) is 15.8. The van der Waals surface area contributed by atoms with Crippen molar-refractivity contribution in [1.82, 2.24) is 20.0 Å². The van der Waals surface area contributed by atoms with Gasteiger partial charge in [0.15, 0.2) is 0 Å². The van der Waals surface area contributed by atoms with Crippen LogP contribution in [0.1, 0.15) is 85.8 Å². The van der Waals surface area contributed by atoms with Crippen LogP contribution in [0.5, 0.6) is 0 Å². The van der Waals surface area contributed by atoms with Gasteiger partial charge in [0.2, 0.25) is 11.8 Å². The molecule has 1 N–H and O–H groups in total. The van der Waals surface area contributed by atoms with Crippen LogP contribution in [0.4, 0.5) is 0 Å². The average molecular weight is 601 g/mol. The number of allylic oxidation sites excluding steroid dienone is 1. The molecular weight excluding hydrogens is 560 g/mol. The van der Waals surface area contributed by atoms with Gasteiger partial charge in [-0.25, -0.2) is 0 Å². The van der Waals surface area contributed by atoms with Crippen molar-refractivity contribution in [1.29, 1.82) is 0 Å². The van der Waals surface area contributed by atoms with Crippen molar-refractivity contribution in [2.75, 3.05) is 19.6 Å². The largest absolute Gasteiger partial charge is 0.322 e. The average Bonchev–Trinajstić information content (AvgIpc) is 3.40. The number of imide groups is 1. The number of nitrogens with one attached hydrogen (secondary N) is 1. The first-order chi connectivity index (χ1) is 20.6. The molecule has 8 heteroatoms. The molecule has 4 heterocycles. The van der Waals surface area contributed by atoms with Gasteiger partial charge >= 0.3 is 0 Å². The van der Waals surface area contributed by atoms with Gasteiger partial charge in [-0.3, -0.25) is 29.5 Å². The molecule has 4 aliphatic heterocycles. The maximum atomic E-state index is 13.1. The standard InChI is InChI=1S/C35H41ClN4O3/c1-35(2)14-13-24(30(16-35)23-4-6-26(36)7-5-23)18-39-27-8-9-28(39)21-38(20-27)17-22-3-10-29-25(15-22)19-40(34(29)43)31-11-12-32(41)37-33(31)42/h3-7,10,15,27-28,31H,8-9,11-14,16-21H2,1-2H3,(H,37,41,42). The minimum Gasteiger partial charge on any atom is -0.322 e. The number of likely N-dealkylation sites (tertiary alicyclic amines) is 1. The lowest BCUT2D eigenvalue weighted by atomic mass is 9.72. The summed E-state index contributed by atoms with van der Waals surface area (Å²) >= 11 is 6.23. The predicted molar refractivity (Wildman–Crippen MR) is 167 cm³/mol. The molecule has 5 aliphatic rings. The van der Waals surface area contributed by atoms with E-state index in [1.54, 1.807) is 10.5 Å². The topological polar surface area (TPSA) is 73.0 Å². The smallest absolute Gasteiger partial charge is 0.255 e. The van der Waals surface area contributed by atoms with Crippen molar-refractivity contribution >= 4 is 34.9 Å². The van der Waals surface area contributed by atoms with Crippen LogP contribution < -0.4 is 5.32 Å². The summed E-state index contributed by atoms with van der Waals surface area (Å²) < 4.78 is 0. The van der Waals surface area contributed by atoms with E-state index in [1.807, 2.05) is 18.2 Å². The number of hydrogen-bond acceptors (Lipinski definition) is 5. The van der Waals surface area contributed by atoms with Crippen LogP contribution in [0, 0.1) is 5.41 Å². The van der Waals surface area contributed by atoms with Gasteiger partial charge in [0.25, 0.3) is 5.91 Å². The highest BCUT2D eigenvalue weighted by atomic mass is 35.5. The predicted octanol–water partition coefficient (Wildman–Crippen LogP) is 5.41. The summed E-state index contributed by atoms with van der Waals surface area (Å²) in [6.45, 7) is 9.26. The van der Waals surface area contributed by atoms with E-state index >= 15 is 0 Å². The van der Waals surface area contributed by atoms with Crippen LogP contribution in [0.3, 0.4) is 0 Å². The monoisotopic (exact) mass is 600 g/mol. The van der Waals surface area contributed by atoms with Crippen LogP contribution in [0.2, 0.25) is 5.02 Å². The SMILES string of the molecule is CC1(C)CCC(CN2C3CCC2CN(Cc2ccc4c(c2)CN(C2CCC(=O)NC2=O)C4=O)C3)=C(c2ccc(Cl)cc2)C1. The van der Waals surface area contributed by atoms with Crippen molar-refractivity contribution < 1.29 is 14.4 Å². The van der Waals surface area contributed by atoms with Gasteiger partial charge in [-0.1, -0.05) is 55.3 Å². The second kappa shape index (κ2) is 11.2. The molecule has 2 aromatic rings. The number of fused-ring (bicyclic) bond motifs is 3. The van der Waals surface area contributed by atoms with Crippen molar-refractivity contribution in [2.24, 2.45) is 5.41 Å². The number of piperidine rings is 1. The molecule has 0 spiro atoms. The lowest BCUT2D eigenvalue weighted by Gasteiger charge is -2.43. The Hall–Kier alpha value is -3.00. The Labute approximate surface area is 259 Å². The van der Waals surface area contributed by atoms with Gasteiger partial charge in [-0.2, -0.15) is 0 Å². The van der Waals surface area contributed by atoms with E-state index in [9.17, 15) is 14.4 Å². The number of rotatable bonds is 6. The molecule has 3 unspecified atom stereocenters. The van der Waals surface area contributed by atoms with Gasteiger partial charge in [0.05, 0.1) is 0 Å². The summed E-state index contributed by atoms with van der Waals surface area (Å²) in [6, 6.07) is 15.1. The Kier molecular flexibility index (Phi) is 7.47. The molecular formula is C35H41ClN4O3. The Bertz CT molecular complexity index is 1480. The van der Waals surface area contributed by atoms with E-state index in [0.29, 0.717) is 36.0 Å². The first-order valence-corrected chi connectivity index (χ1v) is 16.2. The molecule has 3 atom stereocenters. The zero-order chi connectivity index (χ0) is 29.9. The number of amides is 3. The van der Waals surface area contributed by atoms with Crippen LogP contribution >= 0.6 is 11.6 Å². The summed E-state index contributed by atoms with van der Waals surface area (Å²) in [6.07, 6.45) is 6.66. The number of nitrogens with zero attached hydrogens (tertiary/aromatic N) is 3. The number of carbonyl (C=O) groups is 3. The molecule has 2 bridgehead atoms. The fraction of sp³-hybridized carbons (Fsp3) is 0.514. The third kappa shape index (κ3) is 5.67. The second-order valence-corrected chi connectivity index (χ2v) is 14.5. The molecule has 0 saturated carbocycles. The van der Waals surface area contributed by atoms with Crippen molar-refractivity contribution in [3.8, 4) is 0 Å². The summed E-state index contributed by atoms with van der Waals surface area (Å²) in [5.74, 6) is -0.733. The van der Waals surface area contributed by atoms with E-state index in [-0.39, 0.29) is 24.1 Å². The first kappa shape index (κ1) is 28.8. The highest BCUT2D eigenvalue weighted by Crippen LogP contribution is 2.44. The zero-order valence-electron chi connectivity index (χ0n) is 25.2. The lowest BCUT2D eigenvalue weighted by Crippen LogP contribution is -2.53. The van der Waals surface area contributed by atoms with E-state index in [1.165, 1.54) is 36.0 Å². The van der Waals surface area contributed by atoms with Crippen LogP contribution in [-0.4, -0.2) is 70.2 Å². The van der Waals surface area contributed by atoms with E-state index in [0.717, 1.165) is 49.6 Å². The highest BCUT2D eigenvalue weighted by Gasteiger charge is 2.42. The molecule has 0 radical (unpaired) electrons. The van der Waals surface area contributed by atoms with E-state index < -0.39 is 6.04 Å². The number of benzene rings is 2. The third-order valence-electron chi connectivity index (χ3n) is 10.5. The second-order valence-electron chi connectivity index (χ2n) is 14.1. The normalized spacial score (nSPS) is 27.6. The Morgan fingerprint density at radius 1 is 0.930 bits per heavy atom. The van der Waals surface area contributed by atoms with Gasteiger partial charge < -0.3 is 4.90 Å².